The van der Waals surface area contributed by atoms with Crippen LogP contribution in [0.5, 0.6) is 0 Å². The number of benzene rings is 2. The smallest absolute Gasteiger partial charge is 0.207 e. The van der Waals surface area contributed by atoms with Crippen LogP contribution < -0.4 is 0 Å². The molecule has 0 heterocycles. The molecule has 0 aliphatic rings. The third kappa shape index (κ3) is 2.85. The van der Waals surface area contributed by atoms with Gasteiger partial charge >= 0.3 is 0 Å². The van der Waals surface area contributed by atoms with E-state index < -0.39 is 30.0 Å². The molecule has 0 aromatic heterocycles. The first-order valence-electron chi connectivity index (χ1n) is 6.09. The Labute approximate surface area is 123 Å². The minimum Gasteiger partial charge on any atom is -0.377 e. The highest BCUT2D eigenvalue weighted by Crippen LogP contribution is 2.28. The molecule has 5 nitrogen and oxygen atoms in total. The van der Waals surface area contributed by atoms with Gasteiger partial charge in [-0.3, -0.25) is 0 Å². The summed E-state index contributed by atoms with van der Waals surface area (Å²) >= 11 is 0. The molecule has 0 fully saturated rings. The Hall–Kier alpha value is -1.70. The van der Waals surface area contributed by atoms with E-state index in [1.54, 1.807) is 18.2 Å². The first-order valence-corrected chi connectivity index (χ1v) is 9.12. The summed E-state index contributed by atoms with van der Waals surface area (Å²) in [4.78, 5) is -0.737. The summed E-state index contributed by atoms with van der Waals surface area (Å²) in [5.41, 5.74) is -1.69. The standard InChI is InChI=1S/C14H14O5S2/c1-11(15)20(16,17)13-9-5-6-10-14(13)21(18,19)12-7-3-2-4-8-12/h2-11,15H,1H3. The number of hydrogen-bond donors (Lipinski definition) is 1. The average Bonchev–Trinajstić information content (AvgIpc) is 2.48. The highest BCUT2D eigenvalue weighted by Gasteiger charge is 2.30. The second kappa shape index (κ2) is 5.59. The summed E-state index contributed by atoms with van der Waals surface area (Å²) in [7, 11) is -8.10. The van der Waals surface area contributed by atoms with Crippen LogP contribution >= 0.6 is 0 Å². The predicted octanol–water partition coefficient (Wildman–Crippen LogP) is 1.63. The molecule has 0 saturated carbocycles. The topological polar surface area (TPSA) is 88.5 Å². The molecule has 0 bridgehead atoms. The van der Waals surface area contributed by atoms with Crippen LogP contribution in [-0.2, 0) is 19.7 Å². The van der Waals surface area contributed by atoms with Gasteiger partial charge in [0.25, 0.3) is 0 Å². The summed E-state index contributed by atoms with van der Waals surface area (Å²) in [6.45, 7) is 1.08. The molecule has 2 aromatic rings. The molecule has 0 radical (unpaired) electrons. The van der Waals surface area contributed by atoms with Crippen molar-refractivity contribution in [1.82, 2.24) is 0 Å². The molecule has 112 valence electrons. The number of sulfone groups is 2. The lowest BCUT2D eigenvalue weighted by Gasteiger charge is -2.12. The van der Waals surface area contributed by atoms with E-state index in [1.807, 2.05) is 0 Å². The van der Waals surface area contributed by atoms with Crippen molar-refractivity contribution in [2.24, 2.45) is 0 Å². The molecule has 0 spiro atoms. The van der Waals surface area contributed by atoms with Crippen LogP contribution in [-0.4, -0.2) is 27.4 Å². The first kappa shape index (κ1) is 15.7. The van der Waals surface area contributed by atoms with E-state index >= 15 is 0 Å². The van der Waals surface area contributed by atoms with Crippen LogP contribution in [0.15, 0.2) is 69.3 Å². The Bertz CT molecular complexity index is 838. The molecule has 2 rings (SSSR count). The monoisotopic (exact) mass is 326 g/mol. The van der Waals surface area contributed by atoms with Crippen molar-refractivity contribution in [3.05, 3.63) is 54.6 Å². The number of aliphatic hydroxyl groups is 1. The van der Waals surface area contributed by atoms with Crippen molar-refractivity contribution in [3.8, 4) is 0 Å². The lowest BCUT2D eigenvalue weighted by atomic mass is 10.4. The zero-order valence-corrected chi connectivity index (χ0v) is 12.8. The van der Waals surface area contributed by atoms with Gasteiger partial charge in [-0.15, -0.1) is 0 Å². The molecule has 1 atom stereocenters. The molecule has 0 saturated heterocycles. The molecular weight excluding hydrogens is 312 g/mol. The van der Waals surface area contributed by atoms with Gasteiger partial charge in [-0.25, -0.2) is 16.8 Å². The van der Waals surface area contributed by atoms with E-state index in [0.717, 1.165) is 6.92 Å². The Morgan fingerprint density at radius 3 is 1.81 bits per heavy atom. The fourth-order valence-corrected chi connectivity index (χ4v) is 4.84. The van der Waals surface area contributed by atoms with E-state index in [0.29, 0.717) is 0 Å². The van der Waals surface area contributed by atoms with Crippen molar-refractivity contribution in [2.75, 3.05) is 0 Å². The van der Waals surface area contributed by atoms with E-state index in [-0.39, 0.29) is 9.79 Å². The fraction of sp³-hybridized carbons (Fsp3) is 0.143. The Balaban J connectivity index is 2.73. The number of rotatable bonds is 4. The Morgan fingerprint density at radius 2 is 1.29 bits per heavy atom. The highest BCUT2D eigenvalue weighted by atomic mass is 32.2. The molecule has 1 N–H and O–H groups in total. The molecule has 7 heteroatoms. The first-order chi connectivity index (χ1) is 9.78. The van der Waals surface area contributed by atoms with Crippen LogP contribution in [0.3, 0.4) is 0 Å². The van der Waals surface area contributed by atoms with Gasteiger partial charge in [0.05, 0.1) is 14.7 Å². The van der Waals surface area contributed by atoms with Gasteiger partial charge in [0, 0.05) is 0 Å². The van der Waals surface area contributed by atoms with Crippen LogP contribution in [0.4, 0.5) is 0 Å². The molecule has 2 aromatic carbocycles. The summed E-state index contributed by atoms with van der Waals surface area (Å²) in [6, 6.07) is 12.8. The molecular formula is C14H14O5S2. The Morgan fingerprint density at radius 1 is 0.810 bits per heavy atom. The van der Waals surface area contributed by atoms with Crippen molar-refractivity contribution in [2.45, 2.75) is 27.0 Å². The number of aliphatic hydroxyl groups excluding tert-OH is 1. The second-order valence-electron chi connectivity index (χ2n) is 4.41. The van der Waals surface area contributed by atoms with Gasteiger partial charge in [-0.05, 0) is 31.2 Å². The number of hydrogen-bond acceptors (Lipinski definition) is 5. The quantitative estimate of drug-likeness (QED) is 0.922. The normalized spacial score (nSPS) is 13.8. The van der Waals surface area contributed by atoms with Crippen LogP contribution in [0, 0.1) is 0 Å². The largest absolute Gasteiger partial charge is 0.377 e. The van der Waals surface area contributed by atoms with Gasteiger partial charge in [0.2, 0.25) is 19.7 Å². The maximum Gasteiger partial charge on any atom is 0.207 e. The predicted molar refractivity (Wildman–Crippen MR) is 77.2 cm³/mol. The van der Waals surface area contributed by atoms with Gasteiger partial charge in [-0.2, -0.15) is 0 Å². The molecule has 1 unspecified atom stereocenters. The summed E-state index contributed by atoms with van der Waals surface area (Å²) in [6.07, 6.45) is 0. The maximum absolute atomic E-state index is 12.6. The van der Waals surface area contributed by atoms with E-state index in [9.17, 15) is 21.9 Å². The third-order valence-electron chi connectivity index (χ3n) is 2.95. The SMILES string of the molecule is CC(O)S(=O)(=O)c1ccccc1S(=O)(=O)c1ccccc1. The van der Waals surface area contributed by atoms with Gasteiger partial charge < -0.3 is 5.11 Å². The zero-order chi connectivity index (χ0) is 15.7. The van der Waals surface area contributed by atoms with E-state index in [1.165, 1.54) is 36.4 Å². The van der Waals surface area contributed by atoms with Gasteiger partial charge in [0.1, 0.15) is 0 Å². The third-order valence-corrected chi connectivity index (χ3v) is 6.77. The fourth-order valence-electron chi connectivity index (χ4n) is 1.82. The van der Waals surface area contributed by atoms with E-state index in [4.69, 9.17) is 0 Å². The minimum atomic E-state index is -4.12. The summed E-state index contributed by atoms with van der Waals surface area (Å²) in [5, 5.41) is 9.41. The van der Waals surface area contributed by atoms with Crippen molar-refractivity contribution < 1.29 is 21.9 Å². The lowest BCUT2D eigenvalue weighted by Crippen LogP contribution is -2.20. The van der Waals surface area contributed by atoms with Crippen LogP contribution in [0.1, 0.15) is 6.92 Å². The maximum atomic E-state index is 12.6. The zero-order valence-electron chi connectivity index (χ0n) is 11.2. The molecule has 0 aliphatic carbocycles. The second-order valence-corrected chi connectivity index (χ2v) is 8.54. The van der Waals surface area contributed by atoms with Crippen molar-refractivity contribution >= 4 is 19.7 Å². The highest BCUT2D eigenvalue weighted by molar-refractivity contribution is 7.94. The molecule has 0 amide bonds. The van der Waals surface area contributed by atoms with Gasteiger partial charge in [0.15, 0.2) is 5.44 Å². The summed E-state index contributed by atoms with van der Waals surface area (Å²) in [5.74, 6) is 0. The molecule has 21 heavy (non-hydrogen) atoms. The van der Waals surface area contributed by atoms with Crippen molar-refractivity contribution in [3.63, 3.8) is 0 Å². The minimum absolute atomic E-state index is 0.00163. The van der Waals surface area contributed by atoms with E-state index in [2.05, 4.69) is 0 Å². The summed E-state index contributed by atoms with van der Waals surface area (Å²) < 4.78 is 49.4. The average molecular weight is 326 g/mol. The molecule has 0 aliphatic heterocycles. The van der Waals surface area contributed by atoms with Crippen molar-refractivity contribution in [1.29, 1.82) is 0 Å². The lowest BCUT2D eigenvalue weighted by molar-refractivity contribution is 0.268. The van der Waals surface area contributed by atoms with Gasteiger partial charge in [-0.1, -0.05) is 30.3 Å². The van der Waals surface area contributed by atoms with Crippen LogP contribution in [0.25, 0.3) is 0 Å². The van der Waals surface area contributed by atoms with Crippen LogP contribution in [0.2, 0.25) is 0 Å². The Kier molecular flexibility index (Phi) is 4.18.